The third-order valence-corrected chi connectivity index (χ3v) is 10.1. The van der Waals surface area contributed by atoms with E-state index in [0.717, 1.165) is 63.8 Å². The Kier molecular flexibility index (Phi) is 9.99. The molecular weight excluding hydrogens is 679 g/mol. The van der Waals surface area contributed by atoms with Gasteiger partial charge in [-0.1, -0.05) is 23.2 Å². The molecule has 5 heterocycles. The van der Waals surface area contributed by atoms with Gasteiger partial charge in [-0.3, -0.25) is 9.52 Å². The molecule has 3 aromatic rings. The van der Waals surface area contributed by atoms with Crippen LogP contribution in [0, 0.1) is 5.92 Å². The highest BCUT2D eigenvalue weighted by atomic mass is 35.5. The SMILES string of the molecule is CC(C)(CC1CNC1)OC(=O)NC1CCCN(c2cc(Cl)nc3cc([C@@H]4CCCCN4C(=O)c4cc(Cl)ccc4NS(C)(=O)=O)nn23)C1. The lowest BCUT2D eigenvalue weighted by Gasteiger charge is -2.37. The summed E-state index contributed by atoms with van der Waals surface area (Å²) in [6, 6.07) is 7.61. The molecule has 0 radical (unpaired) electrons. The van der Waals surface area contributed by atoms with Gasteiger partial charge in [-0.2, -0.15) is 9.61 Å². The van der Waals surface area contributed by atoms with Gasteiger partial charge in [0.05, 0.1) is 29.2 Å². The summed E-state index contributed by atoms with van der Waals surface area (Å²) in [6.45, 7) is 7.53. The molecule has 1 aromatic carbocycles. The molecule has 3 aliphatic rings. The van der Waals surface area contributed by atoms with Crippen molar-refractivity contribution in [2.24, 2.45) is 5.92 Å². The first-order chi connectivity index (χ1) is 22.7. The van der Waals surface area contributed by atoms with Crippen LogP contribution in [-0.2, 0) is 14.8 Å². The van der Waals surface area contributed by atoms with Gasteiger partial charge in [0.1, 0.15) is 16.6 Å². The third kappa shape index (κ3) is 8.10. The van der Waals surface area contributed by atoms with Gasteiger partial charge in [0.25, 0.3) is 5.91 Å². The summed E-state index contributed by atoms with van der Waals surface area (Å²) >= 11 is 12.8. The zero-order chi connectivity index (χ0) is 34.2. The molecule has 0 saturated carbocycles. The van der Waals surface area contributed by atoms with E-state index in [1.807, 2.05) is 19.9 Å². The minimum Gasteiger partial charge on any atom is -0.444 e. The third-order valence-electron chi connectivity index (χ3n) is 9.09. The number of anilines is 2. The summed E-state index contributed by atoms with van der Waals surface area (Å²) in [5.74, 6) is 0.902. The van der Waals surface area contributed by atoms with Crippen LogP contribution in [0.3, 0.4) is 0 Å². The maximum Gasteiger partial charge on any atom is 0.407 e. The molecule has 0 aliphatic carbocycles. The lowest BCUT2D eigenvalue weighted by atomic mass is 9.89. The van der Waals surface area contributed by atoms with Crippen molar-refractivity contribution < 1.29 is 22.7 Å². The first-order valence-corrected chi connectivity index (χ1v) is 19.0. The normalized spacial score (nSPS) is 20.8. The number of carbonyl (C=O) groups excluding carboxylic acids is 2. The summed E-state index contributed by atoms with van der Waals surface area (Å²) in [4.78, 5) is 35.3. The Balaban J connectivity index is 1.22. The second-order valence-corrected chi connectivity index (χ2v) is 16.2. The molecule has 3 aliphatic heterocycles. The van der Waals surface area contributed by atoms with Crippen molar-refractivity contribution in [1.82, 2.24) is 30.1 Å². The number of alkyl carbamates (subject to hydrolysis) is 1. The summed E-state index contributed by atoms with van der Waals surface area (Å²) in [7, 11) is -3.64. The Labute approximate surface area is 290 Å². The fourth-order valence-electron chi connectivity index (χ4n) is 6.93. The number of amides is 2. The molecule has 0 spiro atoms. The lowest BCUT2D eigenvalue weighted by Crippen LogP contribution is -2.51. The number of nitrogens with one attached hydrogen (secondary N) is 3. The number of hydrogen-bond acceptors (Lipinski definition) is 9. The summed E-state index contributed by atoms with van der Waals surface area (Å²) in [5, 5.41) is 11.9. The van der Waals surface area contributed by atoms with Gasteiger partial charge in [-0.15, -0.1) is 0 Å². The van der Waals surface area contributed by atoms with Crippen LogP contribution < -0.4 is 20.3 Å². The zero-order valence-corrected chi connectivity index (χ0v) is 29.7. The van der Waals surface area contributed by atoms with E-state index >= 15 is 0 Å². The smallest absolute Gasteiger partial charge is 0.407 e. The van der Waals surface area contributed by atoms with E-state index in [4.69, 9.17) is 33.0 Å². The standard InChI is InChI=1S/C32H42Cl2N8O5S/c1-32(2,16-20-17-35-18-20)47-31(44)36-22-7-6-11-40(19-22)29-15-27(34)37-28-14-25(38-42(28)29)26-8-4-5-12-41(26)30(43)23-13-21(33)9-10-24(23)39-48(3,45)46/h9-10,13-15,20,22,26,35,39H,4-8,11-12,16-19H2,1-3H3,(H,36,44)/t22?,26-/m0/s1. The molecule has 16 heteroatoms. The maximum atomic E-state index is 14.0. The number of sulfonamides is 1. The van der Waals surface area contributed by atoms with Crippen molar-refractivity contribution in [2.45, 2.75) is 70.1 Å². The topological polar surface area (TPSA) is 150 Å². The molecule has 2 atom stereocenters. The predicted molar refractivity (Wildman–Crippen MR) is 185 cm³/mol. The van der Waals surface area contributed by atoms with Crippen LogP contribution in [-0.4, -0.2) is 90.5 Å². The van der Waals surface area contributed by atoms with E-state index in [9.17, 15) is 18.0 Å². The molecule has 3 fully saturated rings. The number of rotatable bonds is 9. The van der Waals surface area contributed by atoms with Crippen molar-refractivity contribution >= 4 is 62.4 Å². The summed E-state index contributed by atoms with van der Waals surface area (Å²) in [5.41, 5.74) is 0.957. The van der Waals surface area contributed by atoms with Crippen molar-refractivity contribution in [2.75, 3.05) is 48.6 Å². The molecule has 13 nitrogen and oxygen atoms in total. The lowest BCUT2D eigenvalue weighted by molar-refractivity contribution is 0.0127. The zero-order valence-electron chi connectivity index (χ0n) is 27.3. The van der Waals surface area contributed by atoms with E-state index in [1.54, 1.807) is 15.5 Å². The number of likely N-dealkylation sites (tertiary alicyclic amines) is 1. The molecule has 6 rings (SSSR count). The highest BCUT2D eigenvalue weighted by Crippen LogP contribution is 2.35. The fourth-order valence-corrected chi connectivity index (χ4v) is 7.87. The van der Waals surface area contributed by atoms with Crippen molar-refractivity contribution in [3.8, 4) is 0 Å². The first-order valence-electron chi connectivity index (χ1n) is 16.3. The highest BCUT2D eigenvalue weighted by molar-refractivity contribution is 7.92. The van der Waals surface area contributed by atoms with Crippen molar-refractivity contribution in [3.05, 3.63) is 51.8 Å². The van der Waals surface area contributed by atoms with Gasteiger partial charge in [0, 0.05) is 42.8 Å². The molecule has 3 N–H and O–H groups in total. The Morgan fingerprint density at radius 1 is 1.08 bits per heavy atom. The number of ether oxygens (including phenoxy) is 1. The van der Waals surface area contributed by atoms with Gasteiger partial charge < -0.3 is 25.2 Å². The van der Waals surface area contributed by atoms with E-state index in [-0.39, 0.29) is 29.2 Å². The highest BCUT2D eigenvalue weighted by Gasteiger charge is 2.34. The summed E-state index contributed by atoms with van der Waals surface area (Å²) < 4.78 is 34.1. The molecule has 48 heavy (non-hydrogen) atoms. The number of piperidine rings is 2. The second-order valence-electron chi connectivity index (χ2n) is 13.7. The number of aromatic nitrogens is 3. The maximum absolute atomic E-state index is 14.0. The van der Waals surface area contributed by atoms with Crippen LogP contribution in [0.5, 0.6) is 0 Å². The monoisotopic (exact) mass is 720 g/mol. The predicted octanol–water partition coefficient (Wildman–Crippen LogP) is 4.86. The number of fused-ring (bicyclic) bond motifs is 1. The fraction of sp³-hybridized carbons (Fsp3) is 0.562. The molecule has 260 valence electrons. The molecular formula is C32H42Cl2N8O5S. The van der Waals surface area contributed by atoms with Gasteiger partial charge >= 0.3 is 6.09 Å². The first kappa shape index (κ1) is 34.5. The molecule has 0 bridgehead atoms. The number of halogens is 2. The Bertz CT molecular complexity index is 1800. The molecule has 2 aromatic heterocycles. The molecule has 1 unspecified atom stereocenters. The van der Waals surface area contributed by atoms with Crippen LogP contribution in [0.1, 0.15) is 74.5 Å². The average molecular weight is 722 g/mol. The summed E-state index contributed by atoms with van der Waals surface area (Å²) in [6.07, 6.45) is 5.41. The average Bonchev–Trinajstić information content (AvgIpc) is 3.42. The Hall–Kier alpha value is -3.33. The largest absolute Gasteiger partial charge is 0.444 e. The van der Waals surface area contributed by atoms with Crippen LogP contribution in [0.25, 0.3) is 5.65 Å². The quantitative estimate of drug-likeness (QED) is 0.264. The number of hydrogen-bond donors (Lipinski definition) is 3. The molecule has 3 saturated heterocycles. The van der Waals surface area contributed by atoms with Gasteiger partial charge in [-0.05, 0) is 89.6 Å². The van der Waals surface area contributed by atoms with Crippen molar-refractivity contribution in [1.29, 1.82) is 0 Å². The van der Waals surface area contributed by atoms with E-state index in [0.29, 0.717) is 46.9 Å². The Morgan fingerprint density at radius 2 is 1.88 bits per heavy atom. The van der Waals surface area contributed by atoms with Crippen LogP contribution in [0.2, 0.25) is 10.2 Å². The van der Waals surface area contributed by atoms with Crippen LogP contribution in [0.15, 0.2) is 30.3 Å². The van der Waals surface area contributed by atoms with Gasteiger partial charge in [0.2, 0.25) is 10.0 Å². The van der Waals surface area contributed by atoms with Crippen LogP contribution in [0.4, 0.5) is 16.3 Å². The number of nitrogens with zero attached hydrogens (tertiary/aromatic N) is 5. The molecule has 2 amide bonds. The van der Waals surface area contributed by atoms with E-state index in [1.165, 1.54) is 18.2 Å². The van der Waals surface area contributed by atoms with E-state index < -0.39 is 21.7 Å². The number of carbonyl (C=O) groups is 2. The Morgan fingerprint density at radius 3 is 2.60 bits per heavy atom. The van der Waals surface area contributed by atoms with E-state index in [2.05, 4.69) is 25.2 Å². The van der Waals surface area contributed by atoms with Crippen LogP contribution >= 0.6 is 23.2 Å². The minimum absolute atomic E-state index is 0.136. The number of benzene rings is 1. The van der Waals surface area contributed by atoms with Gasteiger partial charge in [0.15, 0.2) is 5.65 Å². The minimum atomic E-state index is -3.64. The van der Waals surface area contributed by atoms with Gasteiger partial charge in [-0.25, -0.2) is 18.2 Å². The second kappa shape index (κ2) is 13.9. The van der Waals surface area contributed by atoms with Crippen molar-refractivity contribution in [3.63, 3.8) is 0 Å².